The van der Waals surface area contributed by atoms with Crippen molar-refractivity contribution in [1.29, 1.82) is 0 Å². The first-order valence-corrected chi connectivity index (χ1v) is 8.14. The van der Waals surface area contributed by atoms with Crippen LogP contribution in [0, 0.1) is 0 Å². The molecule has 7 heteroatoms. The highest BCUT2D eigenvalue weighted by molar-refractivity contribution is 7.88. The van der Waals surface area contributed by atoms with E-state index in [0.29, 0.717) is 17.7 Å². The van der Waals surface area contributed by atoms with E-state index in [0.717, 1.165) is 6.54 Å². The monoisotopic (exact) mass is 299 g/mol. The van der Waals surface area contributed by atoms with Gasteiger partial charge in [-0.3, -0.25) is 4.79 Å². The molecule has 0 heterocycles. The predicted octanol–water partition coefficient (Wildman–Crippen LogP) is 0.802. The normalized spacial score (nSPS) is 12.9. The second kappa shape index (κ2) is 7.37. The summed E-state index contributed by atoms with van der Waals surface area (Å²) in [6.45, 7) is 4.74. The Hall–Kier alpha value is -1.44. The van der Waals surface area contributed by atoms with Gasteiger partial charge >= 0.3 is 0 Å². The van der Waals surface area contributed by atoms with Crippen molar-refractivity contribution in [3.63, 3.8) is 0 Å². The van der Waals surface area contributed by atoms with Crippen LogP contribution in [-0.2, 0) is 20.6 Å². The van der Waals surface area contributed by atoms with Gasteiger partial charge in [-0.1, -0.05) is 19.1 Å². The van der Waals surface area contributed by atoms with Gasteiger partial charge in [0.2, 0.25) is 15.9 Å². The number of rotatable bonds is 7. The third-order valence-corrected chi connectivity index (χ3v) is 3.39. The van der Waals surface area contributed by atoms with E-state index in [2.05, 4.69) is 10.6 Å². The van der Waals surface area contributed by atoms with Crippen LogP contribution in [0.15, 0.2) is 24.3 Å². The van der Waals surface area contributed by atoms with E-state index in [1.165, 1.54) is 0 Å². The average Bonchev–Trinajstić information content (AvgIpc) is 2.30. The number of anilines is 1. The maximum Gasteiger partial charge on any atom is 0.225 e. The summed E-state index contributed by atoms with van der Waals surface area (Å²) in [4.78, 5) is 11.7. The number of amides is 1. The predicted molar refractivity (Wildman–Crippen MR) is 79.6 cm³/mol. The molecule has 1 amide bonds. The summed E-state index contributed by atoms with van der Waals surface area (Å²) in [7, 11) is -3.53. The third-order valence-electron chi connectivity index (χ3n) is 2.65. The molecule has 0 aliphatic heterocycles. The highest BCUT2D eigenvalue weighted by Crippen LogP contribution is 2.11. The van der Waals surface area contributed by atoms with Crippen molar-refractivity contribution in [2.45, 2.75) is 32.1 Å². The van der Waals surface area contributed by atoms with Crippen LogP contribution in [0.25, 0.3) is 0 Å². The topological polar surface area (TPSA) is 101 Å². The van der Waals surface area contributed by atoms with Crippen molar-refractivity contribution >= 4 is 21.6 Å². The Labute approximate surface area is 119 Å². The van der Waals surface area contributed by atoms with Crippen LogP contribution >= 0.6 is 0 Å². The van der Waals surface area contributed by atoms with Crippen LogP contribution in [0.1, 0.15) is 25.8 Å². The Morgan fingerprint density at radius 2 is 1.90 bits per heavy atom. The van der Waals surface area contributed by atoms with Crippen LogP contribution < -0.4 is 15.8 Å². The lowest BCUT2D eigenvalue weighted by atomic mass is 10.2. The largest absolute Gasteiger partial charge is 0.326 e. The molecule has 1 atom stereocenters. The minimum atomic E-state index is -3.53. The first kappa shape index (κ1) is 16.6. The van der Waals surface area contributed by atoms with Gasteiger partial charge in [-0.25, -0.2) is 13.6 Å². The summed E-state index contributed by atoms with van der Waals surface area (Å²) in [6.07, 6.45) is 0.382. The number of nitrogens with one attached hydrogen (secondary N) is 2. The molecule has 20 heavy (non-hydrogen) atoms. The smallest absolute Gasteiger partial charge is 0.225 e. The minimum absolute atomic E-state index is 0.0855. The fraction of sp³-hybridized carbons (Fsp3) is 0.462. The standard InChI is InChI=1S/C13H21N3O3S/c1-3-15-10(2)8-13(17)16-12-6-4-11(5-7-12)9-20(14,18)19/h4-7,10,15H,3,8-9H2,1-2H3,(H,16,17)(H2,14,18,19). The molecule has 1 aromatic carbocycles. The molecule has 0 radical (unpaired) electrons. The molecule has 6 nitrogen and oxygen atoms in total. The van der Waals surface area contributed by atoms with Gasteiger partial charge in [-0.15, -0.1) is 0 Å². The number of carbonyl (C=O) groups excluding carboxylic acids is 1. The Balaban J connectivity index is 2.55. The van der Waals surface area contributed by atoms with Gasteiger partial charge in [0.05, 0.1) is 5.75 Å². The molecular weight excluding hydrogens is 278 g/mol. The van der Waals surface area contributed by atoms with Gasteiger partial charge in [-0.2, -0.15) is 0 Å². The van der Waals surface area contributed by atoms with Crippen molar-refractivity contribution < 1.29 is 13.2 Å². The number of hydrogen-bond donors (Lipinski definition) is 3. The Morgan fingerprint density at radius 3 is 2.40 bits per heavy atom. The van der Waals surface area contributed by atoms with Crippen LogP contribution in [0.2, 0.25) is 0 Å². The fourth-order valence-corrected chi connectivity index (χ4v) is 2.48. The van der Waals surface area contributed by atoms with Crippen molar-refractivity contribution in [2.24, 2.45) is 5.14 Å². The molecule has 0 saturated carbocycles. The van der Waals surface area contributed by atoms with E-state index in [1.54, 1.807) is 24.3 Å². The van der Waals surface area contributed by atoms with Crippen molar-refractivity contribution in [2.75, 3.05) is 11.9 Å². The average molecular weight is 299 g/mol. The molecule has 0 aliphatic rings. The van der Waals surface area contributed by atoms with Crippen LogP contribution in [0.5, 0.6) is 0 Å². The van der Waals surface area contributed by atoms with Gasteiger partial charge < -0.3 is 10.6 Å². The van der Waals surface area contributed by atoms with E-state index in [-0.39, 0.29) is 17.7 Å². The second-order valence-electron chi connectivity index (χ2n) is 4.72. The number of sulfonamides is 1. The molecule has 0 fully saturated rings. The number of benzene rings is 1. The molecule has 0 aliphatic carbocycles. The number of carbonyl (C=O) groups is 1. The molecule has 0 spiro atoms. The van der Waals surface area contributed by atoms with E-state index >= 15 is 0 Å². The van der Waals surface area contributed by atoms with E-state index in [9.17, 15) is 13.2 Å². The second-order valence-corrected chi connectivity index (χ2v) is 6.33. The summed E-state index contributed by atoms with van der Waals surface area (Å²) in [5, 5.41) is 10.9. The van der Waals surface area contributed by atoms with Gasteiger partial charge in [0.15, 0.2) is 0 Å². The fourth-order valence-electron chi connectivity index (χ4n) is 1.83. The Kier molecular flexibility index (Phi) is 6.12. The zero-order valence-corrected chi connectivity index (χ0v) is 12.5. The highest BCUT2D eigenvalue weighted by Gasteiger charge is 2.09. The quantitative estimate of drug-likeness (QED) is 0.693. The lowest BCUT2D eigenvalue weighted by Gasteiger charge is -2.12. The van der Waals surface area contributed by atoms with E-state index < -0.39 is 10.0 Å². The van der Waals surface area contributed by atoms with Crippen LogP contribution in [0.3, 0.4) is 0 Å². The molecule has 0 aromatic heterocycles. The lowest BCUT2D eigenvalue weighted by Crippen LogP contribution is -2.30. The summed E-state index contributed by atoms with van der Waals surface area (Å²) < 4.78 is 21.9. The van der Waals surface area contributed by atoms with Crippen molar-refractivity contribution in [1.82, 2.24) is 5.32 Å². The minimum Gasteiger partial charge on any atom is -0.326 e. The van der Waals surface area contributed by atoms with Gasteiger partial charge in [-0.05, 0) is 31.2 Å². The van der Waals surface area contributed by atoms with Crippen molar-refractivity contribution in [3.8, 4) is 0 Å². The zero-order valence-electron chi connectivity index (χ0n) is 11.7. The number of hydrogen-bond acceptors (Lipinski definition) is 4. The Bertz CT molecular complexity index is 540. The molecule has 0 bridgehead atoms. The maximum atomic E-state index is 11.7. The summed E-state index contributed by atoms with van der Waals surface area (Å²) in [5.41, 5.74) is 1.23. The van der Waals surface area contributed by atoms with Gasteiger partial charge in [0, 0.05) is 18.2 Å². The van der Waals surface area contributed by atoms with Crippen LogP contribution in [0.4, 0.5) is 5.69 Å². The molecule has 0 saturated heterocycles. The summed E-state index contributed by atoms with van der Waals surface area (Å²) in [6, 6.07) is 6.70. The molecule has 112 valence electrons. The van der Waals surface area contributed by atoms with Gasteiger partial charge in [0.1, 0.15) is 0 Å². The first-order valence-electron chi connectivity index (χ1n) is 6.43. The number of nitrogens with two attached hydrogens (primary N) is 1. The van der Waals surface area contributed by atoms with Crippen molar-refractivity contribution in [3.05, 3.63) is 29.8 Å². The first-order chi connectivity index (χ1) is 9.30. The molecule has 1 rings (SSSR count). The lowest BCUT2D eigenvalue weighted by molar-refractivity contribution is -0.116. The maximum absolute atomic E-state index is 11.7. The molecule has 1 unspecified atom stereocenters. The third kappa shape index (κ3) is 6.65. The molecular formula is C13H21N3O3S. The molecule has 1 aromatic rings. The Morgan fingerprint density at radius 1 is 1.30 bits per heavy atom. The van der Waals surface area contributed by atoms with E-state index in [4.69, 9.17) is 5.14 Å². The molecule has 4 N–H and O–H groups in total. The zero-order chi connectivity index (χ0) is 15.2. The highest BCUT2D eigenvalue weighted by atomic mass is 32.2. The number of primary sulfonamides is 1. The van der Waals surface area contributed by atoms with E-state index in [1.807, 2.05) is 13.8 Å². The van der Waals surface area contributed by atoms with Gasteiger partial charge in [0.25, 0.3) is 0 Å². The summed E-state index contributed by atoms with van der Waals surface area (Å²) >= 11 is 0. The SMILES string of the molecule is CCNC(C)CC(=O)Nc1ccc(CS(N)(=O)=O)cc1. The summed E-state index contributed by atoms with van der Waals surface area (Å²) in [5.74, 6) is -0.295. The van der Waals surface area contributed by atoms with Crippen LogP contribution in [-0.4, -0.2) is 26.9 Å².